The van der Waals surface area contributed by atoms with E-state index in [2.05, 4.69) is 26.6 Å². The topological polar surface area (TPSA) is 98.1 Å². The van der Waals surface area contributed by atoms with Crippen molar-refractivity contribution in [1.82, 2.24) is 15.6 Å². The monoisotopic (exact) mass is 433 g/mol. The largest absolute Gasteiger partial charge is 0.355 e. The van der Waals surface area contributed by atoms with Gasteiger partial charge in [0.05, 0.1) is 5.56 Å². The normalized spacial score (nSPS) is 15.0. The average Bonchev–Trinajstić information content (AvgIpc) is 2.74. The zero-order valence-corrected chi connectivity index (χ0v) is 19.2. The molecular weight excluding hydrogens is 402 g/mol. The summed E-state index contributed by atoms with van der Waals surface area (Å²) in [7, 11) is 0. The van der Waals surface area contributed by atoms with Crippen LogP contribution in [0.2, 0.25) is 0 Å². The Labute approximate surface area is 189 Å². The van der Waals surface area contributed by atoms with Gasteiger partial charge in [-0.2, -0.15) is 5.26 Å². The number of piperidine rings is 1. The van der Waals surface area contributed by atoms with E-state index in [-0.39, 0.29) is 17.9 Å². The fourth-order valence-corrected chi connectivity index (χ4v) is 4.24. The van der Waals surface area contributed by atoms with Crippen LogP contribution in [0.3, 0.4) is 0 Å². The molecule has 0 unspecified atom stereocenters. The van der Waals surface area contributed by atoms with Crippen molar-refractivity contribution in [2.75, 3.05) is 18.0 Å². The average molecular weight is 434 g/mol. The van der Waals surface area contributed by atoms with Gasteiger partial charge in [-0.05, 0) is 56.4 Å². The molecule has 1 aromatic carbocycles. The number of carbonyl (C=O) groups is 2. The smallest absolute Gasteiger partial charge is 0.243 e. The van der Waals surface area contributed by atoms with Gasteiger partial charge >= 0.3 is 0 Å². The first-order valence-electron chi connectivity index (χ1n) is 11.0. The van der Waals surface area contributed by atoms with Crippen LogP contribution >= 0.6 is 0 Å². The Balaban J connectivity index is 1.64. The van der Waals surface area contributed by atoms with Crippen LogP contribution in [-0.4, -0.2) is 42.0 Å². The fourth-order valence-electron chi connectivity index (χ4n) is 4.24. The lowest BCUT2D eigenvalue weighted by Crippen LogP contribution is -2.52. The van der Waals surface area contributed by atoms with Crippen molar-refractivity contribution in [3.63, 3.8) is 0 Å². The zero-order chi connectivity index (χ0) is 23.3. The molecule has 7 heteroatoms. The number of carbonyl (C=O) groups excluding carboxylic acids is 2. The minimum Gasteiger partial charge on any atom is -0.355 e. The molecule has 1 aromatic heterocycles. The fraction of sp³-hybridized carbons (Fsp3) is 0.440. The molecule has 32 heavy (non-hydrogen) atoms. The van der Waals surface area contributed by atoms with E-state index >= 15 is 0 Å². The number of aryl methyl sites for hydroxylation is 3. The lowest BCUT2D eigenvalue weighted by molar-refractivity contribution is -0.128. The molecule has 1 aliphatic rings. The molecule has 168 valence electrons. The molecule has 2 heterocycles. The first-order valence-corrected chi connectivity index (χ1v) is 11.0. The summed E-state index contributed by atoms with van der Waals surface area (Å²) in [4.78, 5) is 31.4. The Kier molecular flexibility index (Phi) is 7.47. The van der Waals surface area contributed by atoms with Gasteiger partial charge in [0.25, 0.3) is 0 Å². The van der Waals surface area contributed by atoms with Crippen LogP contribution in [0, 0.1) is 32.1 Å². The number of pyridine rings is 1. The van der Waals surface area contributed by atoms with Gasteiger partial charge < -0.3 is 15.5 Å². The van der Waals surface area contributed by atoms with Gasteiger partial charge in [0.2, 0.25) is 11.8 Å². The van der Waals surface area contributed by atoms with Crippen LogP contribution in [0.5, 0.6) is 0 Å². The van der Waals surface area contributed by atoms with E-state index in [9.17, 15) is 14.9 Å². The number of nitrogens with one attached hydrogen (secondary N) is 2. The van der Waals surface area contributed by atoms with Gasteiger partial charge in [0.1, 0.15) is 17.9 Å². The number of amides is 2. The van der Waals surface area contributed by atoms with Crippen LogP contribution in [0.1, 0.15) is 47.7 Å². The molecule has 0 radical (unpaired) electrons. The van der Waals surface area contributed by atoms with E-state index in [1.54, 1.807) is 0 Å². The van der Waals surface area contributed by atoms with Crippen LogP contribution in [-0.2, 0) is 16.0 Å². The first-order chi connectivity index (χ1) is 15.3. The Bertz CT molecular complexity index is 1040. The quantitative estimate of drug-likeness (QED) is 0.730. The highest BCUT2D eigenvalue weighted by Crippen LogP contribution is 2.25. The summed E-state index contributed by atoms with van der Waals surface area (Å²) in [5, 5.41) is 15.5. The molecule has 3 rings (SSSR count). The summed E-state index contributed by atoms with van der Waals surface area (Å²) in [5.41, 5.74) is 4.57. The number of hydrogen-bond donors (Lipinski definition) is 2. The molecule has 1 saturated heterocycles. The SMILES string of the molecule is CC(=O)N[C@H](Cc1ccccc1C)C(=O)NC1CCN(c2nc(C)cc(C)c2C#N)CC1. The number of hydrogen-bond acceptors (Lipinski definition) is 5. The maximum atomic E-state index is 13.0. The standard InChI is InChI=1S/C25H31N5O2/c1-16-7-5-6-8-20(16)14-23(28-19(4)31)25(32)29-21-9-11-30(12-10-21)24-22(15-26)17(2)13-18(3)27-24/h5-8,13,21,23H,9-12,14H2,1-4H3,(H,28,31)(H,29,32)/t23-/m1/s1. The molecule has 2 aromatic rings. The number of rotatable bonds is 6. The van der Waals surface area contributed by atoms with Crippen molar-refractivity contribution >= 4 is 17.6 Å². The van der Waals surface area contributed by atoms with Gasteiger partial charge in [0, 0.05) is 38.2 Å². The second-order valence-electron chi connectivity index (χ2n) is 8.54. The number of anilines is 1. The van der Waals surface area contributed by atoms with Crippen LogP contribution in [0.4, 0.5) is 5.82 Å². The van der Waals surface area contributed by atoms with E-state index in [0.717, 1.165) is 41.0 Å². The number of aromatic nitrogens is 1. The van der Waals surface area contributed by atoms with Gasteiger partial charge in [-0.15, -0.1) is 0 Å². The Hall–Kier alpha value is -3.40. The first kappa shape index (κ1) is 23.3. The molecule has 0 saturated carbocycles. The van der Waals surface area contributed by atoms with Crippen LogP contribution < -0.4 is 15.5 Å². The van der Waals surface area contributed by atoms with Crippen molar-refractivity contribution in [2.24, 2.45) is 0 Å². The second-order valence-corrected chi connectivity index (χ2v) is 8.54. The van der Waals surface area contributed by atoms with Crippen molar-refractivity contribution in [1.29, 1.82) is 5.26 Å². The van der Waals surface area contributed by atoms with E-state index in [4.69, 9.17) is 0 Å². The summed E-state index contributed by atoms with van der Waals surface area (Å²) in [6.07, 6.45) is 1.96. The van der Waals surface area contributed by atoms with Crippen molar-refractivity contribution < 1.29 is 9.59 Å². The predicted molar refractivity (Wildman–Crippen MR) is 124 cm³/mol. The Morgan fingerprint density at radius 2 is 1.88 bits per heavy atom. The third kappa shape index (κ3) is 5.64. The minimum atomic E-state index is -0.613. The molecule has 7 nitrogen and oxygen atoms in total. The predicted octanol–water partition coefficient (Wildman–Crippen LogP) is 2.71. The summed E-state index contributed by atoms with van der Waals surface area (Å²) < 4.78 is 0. The molecule has 0 aliphatic carbocycles. The molecule has 1 atom stereocenters. The summed E-state index contributed by atoms with van der Waals surface area (Å²) in [5.74, 6) is 0.341. The third-order valence-electron chi connectivity index (χ3n) is 5.96. The zero-order valence-electron chi connectivity index (χ0n) is 19.2. The highest BCUT2D eigenvalue weighted by molar-refractivity contribution is 5.87. The number of nitrogens with zero attached hydrogens (tertiary/aromatic N) is 3. The van der Waals surface area contributed by atoms with Crippen molar-refractivity contribution in [3.05, 3.63) is 58.3 Å². The molecule has 0 spiro atoms. The Morgan fingerprint density at radius 3 is 2.50 bits per heavy atom. The molecule has 1 fully saturated rings. The van der Waals surface area contributed by atoms with Gasteiger partial charge in [0.15, 0.2) is 0 Å². The number of benzene rings is 1. The lowest BCUT2D eigenvalue weighted by Gasteiger charge is -2.34. The minimum absolute atomic E-state index is 0.0170. The van der Waals surface area contributed by atoms with Crippen molar-refractivity contribution in [2.45, 2.75) is 59.0 Å². The van der Waals surface area contributed by atoms with Gasteiger partial charge in [-0.25, -0.2) is 4.98 Å². The maximum Gasteiger partial charge on any atom is 0.243 e. The van der Waals surface area contributed by atoms with Crippen LogP contribution in [0.15, 0.2) is 30.3 Å². The van der Waals surface area contributed by atoms with E-state index in [1.807, 2.05) is 51.1 Å². The summed E-state index contributed by atoms with van der Waals surface area (Å²) in [6.45, 7) is 8.71. The lowest BCUT2D eigenvalue weighted by atomic mass is 9.99. The summed E-state index contributed by atoms with van der Waals surface area (Å²) in [6, 6.07) is 11.5. The summed E-state index contributed by atoms with van der Waals surface area (Å²) >= 11 is 0. The number of nitriles is 1. The second kappa shape index (κ2) is 10.3. The van der Waals surface area contributed by atoms with E-state index in [1.165, 1.54) is 6.92 Å². The van der Waals surface area contributed by atoms with E-state index in [0.29, 0.717) is 25.1 Å². The maximum absolute atomic E-state index is 13.0. The van der Waals surface area contributed by atoms with Crippen LogP contribution in [0.25, 0.3) is 0 Å². The van der Waals surface area contributed by atoms with E-state index < -0.39 is 6.04 Å². The molecular formula is C25H31N5O2. The molecule has 2 amide bonds. The highest BCUT2D eigenvalue weighted by atomic mass is 16.2. The van der Waals surface area contributed by atoms with Gasteiger partial charge in [-0.3, -0.25) is 9.59 Å². The third-order valence-corrected chi connectivity index (χ3v) is 5.96. The highest BCUT2D eigenvalue weighted by Gasteiger charge is 2.27. The van der Waals surface area contributed by atoms with Crippen molar-refractivity contribution in [3.8, 4) is 6.07 Å². The molecule has 1 aliphatic heterocycles. The Morgan fingerprint density at radius 1 is 1.19 bits per heavy atom. The molecule has 0 bridgehead atoms. The van der Waals surface area contributed by atoms with Gasteiger partial charge in [-0.1, -0.05) is 24.3 Å². The molecule has 2 N–H and O–H groups in total.